The number of allylic oxidation sites excluding steroid dienone is 2. The molecule has 0 radical (unpaired) electrons. The van der Waals surface area contributed by atoms with Crippen LogP contribution < -0.4 is 0 Å². The second-order valence-corrected chi connectivity index (χ2v) is 2.51. The van der Waals surface area contributed by atoms with Crippen LogP contribution in [0.4, 0.5) is 4.39 Å². The molecule has 3 heteroatoms. The van der Waals surface area contributed by atoms with E-state index in [9.17, 15) is 9.18 Å². The summed E-state index contributed by atoms with van der Waals surface area (Å²) in [4.78, 5) is 11.0. The van der Waals surface area contributed by atoms with Crippen molar-refractivity contribution in [1.29, 1.82) is 0 Å². The van der Waals surface area contributed by atoms with Crippen LogP contribution in [0.15, 0.2) is 23.6 Å². The molecule has 1 rings (SSSR count). The van der Waals surface area contributed by atoms with Gasteiger partial charge in [0.25, 0.3) is 0 Å². The number of hydrogen-bond acceptors (Lipinski definition) is 2. The topological polar surface area (TPSA) is 26.3 Å². The van der Waals surface area contributed by atoms with Crippen molar-refractivity contribution in [2.45, 2.75) is 19.8 Å². The number of esters is 1. The third kappa shape index (κ3) is 2.19. The Hall–Kier alpha value is -1.12. The molecule has 0 bridgehead atoms. The molecule has 0 amide bonds. The van der Waals surface area contributed by atoms with Crippen LogP contribution >= 0.6 is 0 Å². The van der Waals surface area contributed by atoms with Crippen LogP contribution in [0.1, 0.15) is 19.8 Å². The van der Waals surface area contributed by atoms with Crippen LogP contribution in [0.5, 0.6) is 0 Å². The van der Waals surface area contributed by atoms with Gasteiger partial charge in [-0.3, -0.25) is 0 Å². The van der Waals surface area contributed by atoms with E-state index in [0.717, 1.165) is 0 Å². The molecule has 0 aromatic carbocycles. The van der Waals surface area contributed by atoms with E-state index < -0.39 is 5.97 Å². The maximum Gasteiger partial charge on any atom is 0.337 e. The lowest BCUT2D eigenvalue weighted by molar-refractivity contribution is -0.138. The summed E-state index contributed by atoms with van der Waals surface area (Å²) in [6.45, 7) is 2.05. The second-order valence-electron chi connectivity index (χ2n) is 2.51. The van der Waals surface area contributed by atoms with Crippen LogP contribution in [0, 0.1) is 0 Å². The van der Waals surface area contributed by atoms with Crippen LogP contribution in [0.2, 0.25) is 0 Å². The molecule has 0 aromatic rings. The van der Waals surface area contributed by atoms with Gasteiger partial charge in [0.1, 0.15) is 5.83 Å². The van der Waals surface area contributed by atoms with Crippen molar-refractivity contribution in [1.82, 2.24) is 0 Å². The molecule has 0 aliphatic heterocycles. The molecule has 0 aromatic heterocycles. The van der Waals surface area contributed by atoms with Crippen molar-refractivity contribution in [3.63, 3.8) is 0 Å². The van der Waals surface area contributed by atoms with Gasteiger partial charge in [-0.05, 0) is 19.4 Å². The van der Waals surface area contributed by atoms with E-state index in [2.05, 4.69) is 0 Å². The Balaban J connectivity index is 2.63. The van der Waals surface area contributed by atoms with E-state index in [1.807, 2.05) is 0 Å². The van der Waals surface area contributed by atoms with Gasteiger partial charge < -0.3 is 4.74 Å². The monoisotopic (exact) mass is 170 g/mol. The molecule has 0 unspecified atom stereocenters. The SMILES string of the molecule is CCOC(=O)C1=CCCC(F)=C1. The highest BCUT2D eigenvalue weighted by atomic mass is 19.1. The van der Waals surface area contributed by atoms with Crippen LogP contribution in [-0.2, 0) is 9.53 Å². The normalized spacial score (nSPS) is 16.5. The van der Waals surface area contributed by atoms with Crippen molar-refractivity contribution in [3.05, 3.63) is 23.6 Å². The first-order chi connectivity index (χ1) is 5.74. The molecule has 0 saturated heterocycles. The van der Waals surface area contributed by atoms with Crippen molar-refractivity contribution < 1.29 is 13.9 Å². The highest BCUT2D eigenvalue weighted by Gasteiger charge is 2.12. The molecular weight excluding hydrogens is 159 g/mol. The fourth-order valence-corrected chi connectivity index (χ4v) is 1.02. The molecule has 0 saturated carbocycles. The van der Waals surface area contributed by atoms with Gasteiger partial charge in [-0.25, -0.2) is 9.18 Å². The van der Waals surface area contributed by atoms with Gasteiger partial charge in [0, 0.05) is 6.42 Å². The molecular formula is C9H11FO2. The first-order valence-corrected chi connectivity index (χ1v) is 3.97. The lowest BCUT2D eigenvalue weighted by atomic mass is 10.1. The van der Waals surface area contributed by atoms with Crippen molar-refractivity contribution in [2.75, 3.05) is 6.61 Å². The number of ether oxygens (including phenoxy) is 1. The van der Waals surface area contributed by atoms with Gasteiger partial charge >= 0.3 is 5.97 Å². The fraction of sp³-hybridized carbons (Fsp3) is 0.444. The van der Waals surface area contributed by atoms with Crippen LogP contribution in [0.25, 0.3) is 0 Å². The summed E-state index contributed by atoms with van der Waals surface area (Å²) in [5.41, 5.74) is 0.334. The van der Waals surface area contributed by atoms with Crippen LogP contribution in [0.3, 0.4) is 0 Å². The maximum atomic E-state index is 12.6. The predicted molar refractivity (Wildman–Crippen MR) is 43.1 cm³/mol. The number of carbonyl (C=O) groups is 1. The molecule has 66 valence electrons. The molecule has 0 N–H and O–H groups in total. The molecule has 12 heavy (non-hydrogen) atoms. The Bertz CT molecular complexity index is 241. The van der Waals surface area contributed by atoms with Gasteiger partial charge in [0.15, 0.2) is 0 Å². The lowest BCUT2D eigenvalue weighted by Crippen LogP contribution is -2.07. The van der Waals surface area contributed by atoms with E-state index in [-0.39, 0.29) is 5.83 Å². The smallest absolute Gasteiger partial charge is 0.337 e. The molecule has 1 aliphatic rings. The highest BCUT2D eigenvalue weighted by Crippen LogP contribution is 2.18. The molecule has 1 aliphatic carbocycles. The molecule has 0 heterocycles. The van der Waals surface area contributed by atoms with Gasteiger partial charge in [-0.1, -0.05) is 6.08 Å². The summed E-state index contributed by atoms with van der Waals surface area (Å²) in [7, 11) is 0. The highest BCUT2D eigenvalue weighted by molar-refractivity contribution is 5.91. The maximum absolute atomic E-state index is 12.6. The Kier molecular flexibility index (Phi) is 3.02. The van der Waals surface area contributed by atoms with E-state index in [0.29, 0.717) is 25.0 Å². The molecule has 0 fully saturated rings. The Morgan fingerprint density at radius 2 is 2.50 bits per heavy atom. The number of hydrogen-bond donors (Lipinski definition) is 0. The molecule has 0 spiro atoms. The minimum absolute atomic E-state index is 0.249. The van der Waals surface area contributed by atoms with E-state index >= 15 is 0 Å². The second kappa shape index (κ2) is 4.04. The molecule has 2 nitrogen and oxygen atoms in total. The lowest BCUT2D eigenvalue weighted by Gasteiger charge is -2.06. The van der Waals surface area contributed by atoms with Crippen molar-refractivity contribution in [2.24, 2.45) is 0 Å². The summed E-state index contributed by atoms with van der Waals surface area (Å²) < 4.78 is 17.4. The minimum Gasteiger partial charge on any atom is -0.462 e. The third-order valence-electron chi connectivity index (χ3n) is 1.57. The van der Waals surface area contributed by atoms with Crippen LogP contribution in [-0.4, -0.2) is 12.6 Å². The van der Waals surface area contributed by atoms with Gasteiger partial charge in [-0.2, -0.15) is 0 Å². The van der Waals surface area contributed by atoms with Crippen molar-refractivity contribution >= 4 is 5.97 Å². The standard InChI is InChI=1S/C9H11FO2/c1-2-12-9(11)7-4-3-5-8(10)6-7/h4,6H,2-3,5H2,1H3. The summed E-state index contributed by atoms with van der Waals surface area (Å²) in [6, 6.07) is 0. The van der Waals surface area contributed by atoms with E-state index in [1.54, 1.807) is 13.0 Å². The zero-order valence-electron chi connectivity index (χ0n) is 6.97. The third-order valence-corrected chi connectivity index (χ3v) is 1.57. The van der Waals surface area contributed by atoms with Gasteiger partial charge in [0.05, 0.1) is 12.2 Å². The van der Waals surface area contributed by atoms with Gasteiger partial charge in [0.2, 0.25) is 0 Å². The summed E-state index contributed by atoms with van der Waals surface area (Å²) in [6.07, 6.45) is 3.90. The van der Waals surface area contributed by atoms with E-state index in [1.165, 1.54) is 6.08 Å². The Morgan fingerprint density at radius 1 is 1.75 bits per heavy atom. The first-order valence-electron chi connectivity index (χ1n) is 3.97. The quantitative estimate of drug-likeness (QED) is 0.593. The zero-order chi connectivity index (χ0) is 8.97. The van der Waals surface area contributed by atoms with Crippen molar-refractivity contribution in [3.8, 4) is 0 Å². The minimum atomic E-state index is -0.438. The number of halogens is 1. The summed E-state index contributed by atoms with van der Waals surface area (Å²) in [5, 5.41) is 0. The Morgan fingerprint density at radius 3 is 3.08 bits per heavy atom. The summed E-state index contributed by atoms with van der Waals surface area (Å²) >= 11 is 0. The largest absolute Gasteiger partial charge is 0.462 e. The van der Waals surface area contributed by atoms with Gasteiger partial charge in [-0.15, -0.1) is 0 Å². The average Bonchev–Trinajstić information content (AvgIpc) is 2.05. The number of carbonyl (C=O) groups excluding carboxylic acids is 1. The Labute approximate surface area is 70.7 Å². The fourth-order valence-electron chi connectivity index (χ4n) is 1.02. The molecule has 0 atom stereocenters. The first kappa shape index (κ1) is 8.97. The average molecular weight is 170 g/mol. The summed E-state index contributed by atoms with van der Waals surface area (Å²) in [5.74, 6) is -0.687. The number of rotatable bonds is 2. The van der Waals surface area contributed by atoms with E-state index in [4.69, 9.17) is 4.74 Å². The predicted octanol–water partition coefficient (Wildman–Crippen LogP) is 2.12. The zero-order valence-corrected chi connectivity index (χ0v) is 6.97.